The van der Waals surface area contributed by atoms with E-state index in [9.17, 15) is 17.6 Å². The van der Waals surface area contributed by atoms with Gasteiger partial charge in [0.15, 0.2) is 0 Å². The Kier molecular flexibility index (Phi) is 6.10. The van der Waals surface area contributed by atoms with Crippen LogP contribution in [0.25, 0.3) is 0 Å². The number of morpholine rings is 1. The predicted octanol–water partition coefficient (Wildman–Crippen LogP) is 1.85. The number of methoxy groups -OCH3 is 1. The molecule has 1 fully saturated rings. The van der Waals surface area contributed by atoms with E-state index in [0.717, 1.165) is 17.4 Å². The fourth-order valence-corrected chi connectivity index (χ4v) is 5.43. The minimum Gasteiger partial charge on any atom is -0.497 e. The molecule has 7 nitrogen and oxygen atoms in total. The minimum absolute atomic E-state index is 0.103. The van der Waals surface area contributed by atoms with E-state index in [1.807, 2.05) is 0 Å². The summed E-state index contributed by atoms with van der Waals surface area (Å²) in [5.74, 6) is -0.949. The maximum absolute atomic E-state index is 13.9. The molecule has 2 aromatic rings. The number of halogens is 1. The summed E-state index contributed by atoms with van der Waals surface area (Å²) in [6.07, 6.45) is 0. The molecule has 0 bridgehead atoms. The average Bonchev–Trinajstić information content (AvgIpc) is 3.16. The predicted molar refractivity (Wildman–Crippen MR) is 98.0 cm³/mol. The summed E-state index contributed by atoms with van der Waals surface area (Å²) in [4.78, 5) is 12.8. The van der Waals surface area contributed by atoms with E-state index in [1.54, 1.807) is 6.07 Å². The van der Waals surface area contributed by atoms with Crippen molar-refractivity contribution in [3.8, 4) is 5.75 Å². The van der Waals surface area contributed by atoms with Crippen LogP contribution in [0.15, 0.2) is 34.5 Å². The van der Waals surface area contributed by atoms with Crippen LogP contribution in [0.1, 0.15) is 15.2 Å². The first kappa shape index (κ1) is 19.7. The van der Waals surface area contributed by atoms with Crippen LogP contribution in [-0.4, -0.2) is 52.0 Å². The lowest BCUT2D eigenvalue weighted by atomic mass is 10.2. The first-order valence-corrected chi connectivity index (χ1v) is 10.5. The molecule has 10 heteroatoms. The second-order valence-electron chi connectivity index (χ2n) is 5.77. The van der Waals surface area contributed by atoms with E-state index in [1.165, 1.54) is 29.6 Å². The molecule has 0 aliphatic carbocycles. The maximum atomic E-state index is 13.9. The van der Waals surface area contributed by atoms with E-state index in [-0.39, 0.29) is 16.3 Å². The smallest absolute Gasteiger partial charge is 0.254 e. The molecule has 1 aliphatic rings. The van der Waals surface area contributed by atoms with Gasteiger partial charge in [-0.15, -0.1) is 11.3 Å². The summed E-state index contributed by atoms with van der Waals surface area (Å²) in [6, 6.07) is 7.13. The third-order valence-corrected chi connectivity index (χ3v) is 7.50. The van der Waals surface area contributed by atoms with Crippen LogP contribution in [0.2, 0.25) is 0 Å². The highest BCUT2D eigenvalue weighted by Gasteiger charge is 2.27. The Morgan fingerprint density at radius 1 is 1.30 bits per heavy atom. The minimum atomic E-state index is -3.56. The van der Waals surface area contributed by atoms with Crippen LogP contribution < -0.4 is 10.1 Å². The zero-order valence-electron chi connectivity index (χ0n) is 14.6. The summed E-state index contributed by atoms with van der Waals surface area (Å²) >= 11 is 1.08. The number of hydrogen-bond acceptors (Lipinski definition) is 6. The summed E-state index contributed by atoms with van der Waals surface area (Å²) in [5, 5.41) is 2.60. The lowest BCUT2D eigenvalue weighted by molar-refractivity contribution is 0.0731. The van der Waals surface area contributed by atoms with Gasteiger partial charge in [-0.25, -0.2) is 12.8 Å². The largest absolute Gasteiger partial charge is 0.497 e. The van der Waals surface area contributed by atoms with Crippen LogP contribution in [0.5, 0.6) is 5.75 Å². The Hall–Kier alpha value is -2.01. The number of rotatable bonds is 6. The summed E-state index contributed by atoms with van der Waals surface area (Å²) in [6.45, 7) is 1.50. The molecule has 1 aromatic heterocycles. The van der Waals surface area contributed by atoms with Crippen LogP contribution in [0.3, 0.4) is 0 Å². The number of carbonyl (C=O) groups excluding carboxylic acids is 1. The molecule has 1 aromatic carbocycles. The Bertz CT molecular complexity index is 923. The quantitative estimate of drug-likeness (QED) is 0.780. The molecule has 0 radical (unpaired) electrons. The zero-order chi connectivity index (χ0) is 19.4. The van der Waals surface area contributed by atoms with Crippen LogP contribution in [0.4, 0.5) is 4.39 Å². The summed E-state index contributed by atoms with van der Waals surface area (Å²) in [7, 11) is -2.15. The Morgan fingerprint density at radius 2 is 2.04 bits per heavy atom. The molecule has 1 N–H and O–H groups in total. The Morgan fingerprint density at radius 3 is 2.70 bits per heavy atom. The van der Waals surface area contributed by atoms with Gasteiger partial charge in [0.1, 0.15) is 15.8 Å². The summed E-state index contributed by atoms with van der Waals surface area (Å²) in [5.41, 5.74) is -0.103. The second-order valence-corrected chi connectivity index (χ2v) is 9.10. The zero-order valence-corrected chi connectivity index (χ0v) is 16.2. The average molecular weight is 414 g/mol. The van der Waals surface area contributed by atoms with E-state index in [0.29, 0.717) is 36.9 Å². The van der Waals surface area contributed by atoms with Gasteiger partial charge in [0.2, 0.25) is 0 Å². The number of carbonyl (C=O) groups is 1. The number of sulfonamides is 1. The highest BCUT2D eigenvalue weighted by atomic mass is 32.2. The molecule has 0 unspecified atom stereocenters. The van der Waals surface area contributed by atoms with Gasteiger partial charge in [-0.3, -0.25) is 4.79 Å². The van der Waals surface area contributed by atoms with E-state index < -0.39 is 21.7 Å². The van der Waals surface area contributed by atoms with Crippen molar-refractivity contribution in [1.82, 2.24) is 9.62 Å². The standard InChI is InChI=1S/C17H19FN2O5S2/c1-24-12-2-4-14(15(18)10-12)17(21)19-11-13-3-5-16(26-13)27(22,23)20-6-8-25-9-7-20/h2-5,10H,6-9,11H2,1H3,(H,19,21). The summed E-state index contributed by atoms with van der Waals surface area (Å²) < 4.78 is 50.8. The maximum Gasteiger partial charge on any atom is 0.254 e. The van der Waals surface area contributed by atoms with Gasteiger partial charge in [-0.2, -0.15) is 4.31 Å². The van der Waals surface area contributed by atoms with Gasteiger partial charge in [-0.05, 0) is 24.3 Å². The highest BCUT2D eigenvalue weighted by molar-refractivity contribution is 7.91. The molecule has 3 rings (SSSR count). The first-order chi connectivity index (χ1) is 12.9. The number of nitrogens with one attached hydrogen (secondary N) is 1. The number of thiophene rings is 1. The van der Waals surface area contributed by atoms with E-state index in [4.69, 9.17) is 9.47 Å². The van der Waals surface area contributed by atoms with Crippen LogP contribution >= 0.6 is 11.3 Å². The molecule has 27 heavy (non-hydrogen) atoms. The lowest BCUT2D eigenvalue weighted by Crippen LogP contribution is -2.40. The van der Waals surface area contributed by atoms with Crippen molar-refractivity contribution in [2.24, 2.45) is 0 Å². The molecular formula is C17H19FN2O5S2. The van der Waals surface area contributed by atoms with Gasteiger partial charge < -0.3 is 14.8 Å². The highest BCUT2D eigenvalue weighted by Crippen LogP contribution is 2.25. The van der Waals surface area contributed by atoms with Crippen LogP contribution in [0, 0.1) is 5.82 Å². The lowest BCUT2D eigenvalue weighted by Gasteiger charge is -2.25. The molecule has 1 amide bonds. The van der Waals surface area contributed by atoms with Crippen molar-refractivity contribution in [2.45, 2.75) is 10.8 Å². The number of ether oxygens (including phenoxy) is 2. The van der Waals surface area contributed by atoms with E-state index >= 15 is 0 Å². The monoisotopic (exact) mass is 414 g/mol. The topological polar surface area (TPSA) is 84.9 Å². The second kappa shape index (κ2) is 8.34. The fraction of sp³-hybridized carbons (Fsp3) is 0.353. The number of nitrogens with zero attached hydrogens (tertiary/aromatic N) is 1. The number of hydrogen-bond donors (Lipinski definition) is 1. The molecule has 0 atom stereocenters. The molecule has 0 saturated carbocycles. The third-order valence-electron chi connectivity index (χ3n) is 4.05. The van der Waals surface area contributed by atoms with Crippen molar-refractivity contribution in [3.63, 3.8) is 0 Å². The van der Waals surface area contributed by atoms with Gasteiger partial charge in [-0.1, -0.05) is 0 Å². The molecule has 146 valence electrons. The van der Waals surface area contributed by atoms with Crippen molar-refractivity contribution >= 4 is 27.3 Å². The molecular weight excluding hydrogens is 395 g/mol. The van der Waals surface area contributed by atoms with Crippen molar-refractivity contribution in [3.05, 3.63) is 46.6 Å². The Labute approximate surface area is 160 Å². The fourth-order valence-electron chi connectivity index (χ4n) is 2.58. The van der Waals surface area contributed by atoms with Crippen molar-refractivity contribution < 1.29 is 27.1 Å². The normalized spacial score (nSPS) is 15.5. The molecule has 0 spiro atoms. The van der Waals surface area contributed by atoms with E-state index in [2.05, 4.69) is 5.32 Å². The van der Waals surface area contributed by atoms with Gasteiger partial charge in [0.05, 0.1) is 32.4 Å². The first-order valence-electron chi connectivity index (χ1n) is 8.20. The third kappa shape index (κ3) is 4.46. The number of amides is 1. The number of benzene rings is 1. The Balaban J connectivity index is 1.65. The molecule has 1 saturated heterocycles. The molecule has 2 heterocycles. The van der Waals surface area contributed by atoms with Gasteiger partial charge in [0, 0.05) is 24.0 Å². The SMILES string of the molecule is COc1ccc(C(=O)NCc2ccc(S(=O)(=O)N3CCOCC3)s2)c(F)c1. The van der Waals surface area contributed by atoms with Crippen molar-refractivity contribution in [2.75, 3.05) is 33.4 Å². The van der Waals surface area contributed by atoms with Gasteiger partial charge in [0.25, 0.3) is 15.9 Å². The van der Waals surface area contributed by atoms with Crippen molar-refractivity contribution in [1.29, 1.82) is 0 Å². The molecule has 1 aliphatic heterocycles. The van der Waals surface area contributed by atoms with Crippen LogP contribution in [-0.2, 0) is 21.3 Å². The van der Waals surface area contributed by atoms with Gasteiger partial charge >= 0.3 is 0 Å².